The maximum absolute atomic E-state index is 11.7. The van der Waals surface area contributed by atoms with Crippen LogP contribution in [0.2, 0.25) is 0 Å². The maximum atomic E-state index is 11.7. The van der Waals surface area contributed by atoms with E-state index in [0.717, 1.165) is 44.5 Å². The van der Waals surface area contributed by atoms with Gasteiger partial charge >= 0.3 is 5.97 Å². The number of aliphatic carboxylic acids is 1. The van der Waals surface area contributed by atoms with E-state index < -0.39 is 12.6 Å². The fraction of sp³-hybridized carbons (Fsp3) is 0.125. The third kappa shape index (κ3) is 7.85. The second-order valence-corrected chi connectivity index (χ2v) is 11.0. The van der Waals surface area contributed by atoms with Crippen LogP contribution in [0.25, 0.3) is 27.8 Å². The molecule has 0 aliphatic rings. The Morgan fingerprint density at radius 2 is 1.00 bits per heavy atom. The number of hydrogen-bond donors (Lipinski definition) is 1. The van der Waals surface area contributed by atoms with Crippen LogP contribution >= 0.6 is 0 Å². The van der Waals surface area contributed by atoms with E-state index in [0.29, 0.717) is 29.2 Å². The van der Waals surface area contributed by atoms with Crippen LogP contribution in [0.4, 0.5) is 0 Å². The molecule has 0 atom stereocenters. The molecule has 0 radical (unpaired) electrons. The van der Waals surface area contributed by atoms with Crippen molar-refractivity contribution in [3.05, 3.63) is 149 Å². The Hall–Kier alpha value is -5.75. The van der Waals surface area contributed by atoms with E-state index in [4.69, 9.17) is 14.6 Å². The minimum absolute atomic E-state index is 0.0376. The molecule has 0 aromatic heterocycles. The number of carbonyl (C=O) groups is 3. The lowest BCUT2D eigenvalue weighted by Gasteiger charge is -2.13. The highest BCUT2D eigenvalue weighted by Crippen LogP contribution is 2.30. The first kappa shape index (κ1) is 31.7. The molecule has 0 fully saturated rings. The fourth-order valence-electron chi connectivity index (χ4n) is 5.12. The van der Waals surface area contributed by atoms with Gasteiger partial charge in [-0.3, -0.25) is 9.59 Å². The predicted octanol–water partition coefficient (Wildman–Crippen LogP) is 8.71. The first-order chi connectivity index (χ1) is 22.2. The van der Waals surface area contributed by atoms with Gasteiger partial charge in [0, 0.05) is 11.1 Å². The molecule has 0 saturated heterocycles. The highest BCUT2D eigenvalue weighted by molar-refractivity contribution is 5.95. The molecular formula is C40H34O6. The molecule has 0 amide bonds. The standard InChI is InChI=1S/C40H34O6/c1-26-24-37(20-21-39(26)46-25-40(43)44)45-23-22-38(35-16-12-33(13-17-35)31-8-4-29(5-9-31)27(2)41)36-18-14-34(15-19-36)32-10-6-30(7-11-32)28(3)42/h4-22,24H,23,25H2,1-3H3,(H,43,44). The highest BCUT2D eigenvalue weighted by atomic mass is 16.5. The summed E-state index contributed by atoms with van der Waals surface area (Å²) in [5.74, 6) is 0.184. The van der Waals surface area contributed by atoms with Crippen LogP contribution in [0, 0.1) is 6.92 Å². The first-order valence-electron chi connectivity index (χ1n) is 14.9. The largest absolute Gasteiger partial charge is 0.489 e. The Kier molecular flexibility index (Phi) is 9.88. The molecule has 0 saturated carbocycles. The molecule has 0 spiro atoms. The van der Waals surface area contributed by atoms with Crippen LogP contribution < -0.4 is 9.47 Å². The number of benzene rings is 5. The number of carboxylic acids is 1. The van der Waals surface area contributed by atoms with Gasteiger partial charge in [-0.2, -0.15) is 0 Å². The first-order valence-corrected chi connectivity index (χ1v) is 14.9. The molecule has 0 aliphatic carbocycles. The lowest BCUT2D eigenvalue weighted by Crippen LogP contribution is -2.10. The SMILES string of the molecule is CC(=O)c1ccc(-c2ccc(C(=CCOc3ccc(OCC(=O)O)c(C)c3)c3ccc(-c4ccc(C(C)=O)cc4)cc3)cc2)cc1. The molecule has 6 nitrogen and oxygen atoms in total. The quantitative estimate of drug-likeness (QED) is 0.142. The number of carboxylic acid groups (broad SMARTS) is 1. The molecule has 6 heteroatoms. The van der Waals surface area contributed by atoms with E-state index in [2.05, 4.69) is 48.5 Å². The van der Waals surface area contributed by atoms with E-state index in [9.17, 15) is 14.4 Å². The lowest BCUT2D eigenvalue weighted by molar-refractivity contribution is -0.139. The van der Waals surface area contributed by atoms with Crippen molar-refractivity contribution in [2.75, 3.05) is 13.2 Å². The Bertz CT molecular complexity index is 1780. The van der Waals surface area contributed by atoms with Gasteiger partial charge in [0.25, 0.3) is 0 Å². The average molecular weight is 611 g/mol. The molecule has 230 valence electrons. The summed E-state index contributed by atoms with van der Waals surface area (Å²) in [6.07, 6.45) is 2.04. The smallest absolute Gasteiger partial charge is 0.341 e. The van der Waals surface area contributed by atoms with Gasteiger partial charge in [0.2, 0.25) is 0 Å². The molecule has 5 aromatic carbocycles. The summed E-state index contributed by atoms with van der Waals surface area (Å²) in [4.78, 5) is 34.2. The van der Waals surface area contributed by atoms with Crippen LogP contribution in [0.5, 0.6) is 11.5 Å². The van der Waals surface area contributed by atoms with Crippen LogP contribution in [-0.4, -0.2) is 35.9 Å². The number of ketones is 2. The van der Waals surface area contributed by atoms with E-state index >= 15 is 0 Å². The van der Waals surface area contributed by atoms with E-state index in [1.807, 2.05) is 67.6 Å². The van der Waals surface area contributed by atoms with Gasteiger partial charge in [0.05, 0.1) is 0 Å². The molecule has 0 unspecified atom stereocenters. The van der Waals surface area contributed by atoms with Crippen LogP contribution in [0.1, 0.15) is 51.3 Å². The molecule has 0 bridgehead atoms. The van der Waals surface area contributed by atoms with E-state index in [1.54, 1.807) is 26.0 Å². The van der Waals surface area contributed by atoms with Crippen molar-refractivity contribution in [1.29, 1.82) is 0 Å². The summed E-state index contributed by atoms with van der Waals surface area (Å²) in [5.41, 5.74) is 9.30. The molecule has 46 heavy (non-hydrogen) atoms. The zero-order valence-corrected chi connectivity index (χ0v) is 25.9. The third-order valence-electron chi connectivity index (χ3n) is 7.68. The molecular weight excluding hydrogens is 576 g/mol. The summed E-state index contributed by atoms with van der Waals surface area (Å²) in [6.45, 7) is 4.86. The van der Waals surface area contributed by atoms with Crippen LogP contribution in [0.15, 0.2) is 121 Å². The van der Waals surface area contributed by atoms with Gasteiger partial charge in [-0.25, -0.2) is 4.79 Å². The Balaban J connectivity index is 1.41. The number of hydrogen-bond acceptors (Lipinski definition) is 5. The zero-order chi connectivity index (χ0) is 32.6. The van der Waals surface area contributed by atoms with Gasteiger partial charge in [0.15, 0.2) is 18.2 Å². The topological polar surface area (TPSA) is 89.9 Å². The van der Waals surface area contributed by atoms with Crippen molar-refractivity contribution in [1.82, 2.24) is 0 Å². The predicted molar refractivity (Wildman–Crippen MR) is 181 cm³/mol. The Labute approximate surface area is 268 Å². The van der Waals surface area contributed by atoms with Crippen molar-refractivity contribution < 1.29 is 29.0 Å². The van der Waals surface area contributed by atoms with Crippen LogP contribution in [-0.2, 0) is 4.79 Å². The van der Waals surface area contributed by atoms with Gasteiger partial charge < -0.3 is 14.6 Å². The summed E-state index contributed by atoms with van der Waals surface area (Å²) < 4.78 is 11.4. The third-order valence-corrected chi connectivity index (χ3v) is 7.68. The molecule has 0 aliphatic heterocycles. The van der Waals surface area contributed by atoms with Crippen molar-refractivity contribution >= 4 is 23.1 Å². The number of ether oxygens (including phenoxy) is 2. The number of rotatable bonds is 12. The number of carbonyl (C=O) groups excluding carboxylic acids is 2. The highest BCUT2D eigenvalue weighted by Gasteiger charge is 2.10. The number of aryl methyl sites for hydroxylation is 1. The fourth-order valence-corrected chi connectivity index (χ4v) is 5.12. The Morgan fingerprint density at radius 1 is 0.587 bits per heavy atom. The second-order valence-electron chi connectivity index (χ2n) is 11.0. The molecule has 5 rings (SSSR count). The van der Waals surface area contributed by atoms with Crippen molar-refractivity contribution in [3.8, 4) is 33.8 Å². The molecule has 0 heterocycles. The monoisotopic (exact) mass is 610 g/mol. The minimum Gasteiger partial charge on any atom is -0.489 e. The lowest BCUT2D eigenvalue weighted by atomic mass is 9.93. The molecule has 1 N–H and O–H groups in total. The second kappa shape index (κ2) is 14.4. The summed E-state index contributed by atoms with van der Waals surface area (Å²) >= 11 is 0. The van der Waals surface area contributed by atoms with Crippen LogP contribution in [0.3, 0.4) is 0 Å². The van der Waals surface area contributed by atoms with Crippen molar-refractivity contribution in [2.24, 2.45) is 0 Å². The normalized spacial score (nSPS) is 10.6. The Morgan fingerprint density at radius 3 is 1.37 bits per heavy atom. The summed E-state index contributed by atoms with van der Waals surface area (Å²) in [5, 5.41) is 8.90. The number of Topliss-reactive ketones (excluding diaryl/α,β-unsaturated/α-hetero) is 2. The molecule has 5 aromatic rings. The van der Waals surface area contributed by atoms with Crippen molar-refractivity contribution in [3.63, 3.8) is 0 Å². The van der Waals surface area contributed by atoms with Gasteiger partial charge in [0.1, 0.15) is 18.1 Å². The van der Waals surface area contributed by atoms with Gasteiger partial charge in [-0.1, -0.05) is 97.1 Å². The maximum Gasteiger partial charge on any atom is 0.341 e. The summed E-state index contributed by atoms with van der Waals surface area (Å²) in [6, 6.07) is 37.1. The minimum atomic E-state index is -1.03. The average Bonchev–Trinajstić information content (AvgIpc) is 3.06. The summed E-state index contributed by atoms with van der Waals surface area (Å²) in [7, 11) is 0. The zero-order valence-electron chi connectivity index (χ0n) is 25.9. The van der Waals surface area contributed by atoms with E-state index in [-0.39, 0.29) is 11.6 Å². The van der Waals surface area contributed by atoms with Gasteiger partial charge in [-0.05, 0) is 89.6 Å². The van der Waals surface area contributed by atoms with E-state index in [1.165, 1.54) is 0 Å². The van der Waals surface area contributed by atoms with Gasteiger partial charge in [-0.15, -0.1) is 0 Å². The van der Waals surface area contributed by atoms with Crippen molar-refractivity contribution in [2.45, 2.75) is 20.8 Å².